The van der Waals surface area contributed by atoms with E-state index in [-0.39, 0.29) is 24.7 Å². The van der Waals surface area contributed by atoms with Gasteiger partial charge in [0.25, 0.3) is 0 Å². The standard InChI is InChI=1S/C39H48NO6P/c1-43-47(42,29-15-28-44-37-21-12-6-13-22-37)46-32-36(40-39(41)23-14-3-2-7-16-33-17-8-4-9-18-33)30-34-24-26-38(27-25-34)45-31-35-19-10-5-11-20-35/h4-6,8-13,17-22,24-27,36H,2-3,7,14-16,23,28-32H2,1H3,(H,40,41)/t36?,47-/m1/s1. The zero-order valence-corrected chi connectivity index (χ0v) is 28.3. The molecule has 7 nitrogen and oxygen atoms in total. The van der Waals surface area contributed by atoms with Crippen LogP contribution in [0.4, 0.5) is 0 Å². The third-order valence-corrected chi connectivity index (χ3v) is 9.78. The topological polar surface area (TPSA) is 83.1 Å². The van der Waals surface area contributed by atoms with Gasteiger partial charge in [0.05, 0.1) is 25.4 Å². The van der Waals surface area contributed by atoms with Crippen molar-refractivity contribution in [2.45, 2.75) is 64.0 Å². The predicted molar refractivity (Wildman–Crippen MR) is 188 cm³/mol. The molecule has 47 heavy (non-hydrogen) atoms. The van der Waals surface area contributed by atoms with Gasteiger partial charge in [0.2, 0.25) is 5.91 Å². The molecule has 0 aliphatic heterocycles. The van der Waals surface area contributed by atoms with Crippen LogP contribution >= 0.6 is 7.60 Å². The van der Waals surface area contributed by atoms with Crippen LogP contribution in [0.25, 0.3) is 0 Å². The Kier molecular flexibility index (Phi) is 15.6. The molecule has 0 spiro atoms. The van der Waals surface area contributed by atoms with E-state index in [0.29, 0.717) is 32.5 Å². The Morgan fingerprint density at radius 1 is 0.681 bits per heavy atom. The Balaban J connectivity index is 1.27. The minimum absolute atomic E-state index is 0.0343. The maximum Gasteiger partial charge on any atom is 0.330 e. The zero-order valence-electron chi connectivity index (χ0n) is 27.4. The van der Waals surface area contributed by atoms with Gasteiger partial charge in [0.1, 0.15) is 18.1 Å². The highest BCUT2D eigenvalue weighted by Crippen LogP contribution is 2.48. The molecule has 4 aromatic carbocycles. The number of para-hydroxylation sites is 1. The number of rotatable bonds is 22. The average molecular weight is 658 g/mol. The molecule has 4 aromatic rings. The fraction of sp³-hybridized carbons (Fsp3) is 0.359. The lowest BCUT2D eigenvalue weighted by Gasteiger charge is -2.23. The van der Waals surface area contributed by atoms with Crippen molar-refractivity contribution in [2.75, 3.05) is 26.5 Å². The van der Waals surface area contributed by atoms with Crippen molar-refractivity contribution in [1.82, 2.24) is 5.32 Å². The Morgan fingerprint density at radius 3 is 1.98 bits per heavy atom. The number of aryl methyl sites for hydroxylation is 1. The van der Waals surface area contributed by atoms with E-state index < -0.39 is 7.60 Å². The summed E-state index contributed by atoms with van der Waals surface area (Å²) in [4.78, 5) is 13.0. The number of ether oxygens (including phenoxy) is 2. The number of hydrogen-bond donors (Lipinski definition) is 1. The average Bonchev–Trinajstić information content (AvgIpc) is 3.11. The van der Waals surface area contributed by atoms with Crippen molar-refractivity contribution in [3.8, 4) is 11.5 Å². The first kappa shape index (κ1) is 35.9. The van der Waals surface area contributed by atoms with Gasteiger partial charge in [-0.3, -0.25) is 9.36 Å². The molecule has 0 heterocycles. The molecule has 0 aliphatic rings. The van der Waals surface area contributed by atoms with Gasteiger partial charge in [-0.25, -0.2) is 0 Å². The van der Waals surface area contributed by atoms with Crippen molar-refractivity contribution in [2.24, 2.45) is 0 Å². The molecular weight excluding hydrogens is 609 g/mol. The molecule has 0 saturated carbocycles. The van der Waals surface area contributed by atoms with Crippen LogP contribution < -0.4 is 14.8 Å². The summed E-state index contributed by atoms with van der Waals surface area (Å²) in [5.74, 6) is 1.49. The Labute approximate surface area is 280 Å². The van der Waals surface area contributed by atoms with Gasteiger partial charge in [0, 0.05) is 13.5 Å². The van der Waals surface area contributed by atoms with Gasteiger partial charge in [-0.1, -0.05) is 104 Å². The second-order valence-electron chi connectivity index (χ2n) is 11.6. The van der Waals surface area contributed by atoms with E-state index in [1.54, 1.807) is 0 Å². The molecule has 1 N–H and O–H groups in total. The van der Waals surface area contributed by atoms with E-state index in [9.17, 15) is 9.36 Å². The summed E-state index contributed by atoms with van der Waals surface area (Å²) in [6.07, 6.45) is 6.73. The lowest BCUT2D eigenvalue weighted by molar-refractivity contribution is -0.122. The van der Waals surface area contributed by atoms with Crippen LogP contribution in [0.5, 0.6) is 11.5 Å². The summed E-state index contributed by atoms with van der Waals surface area (Å²) in [7, 11) is -1.98. The highest BCUT2D eigenvalue weighted by Gasteiger charge is 2.25. The summed E-state index contributed by atoms with van der Waals surface area (Å²) in [5, 5.41) is 3.13. The summed E-state index contributed by atoms with van der Waals surface area (Å²) in [6.45, 7) is 0.951. The molecule has 0 saturated heterocycles. The molecule has 2 atom stereocenters. The van der Waals surface area contributed by atoms with Gasteiger partial charge in [-0.15, -0.1) is 0 Å². The van der Waals surface area contributed by atoms with E-state index >= 15 is 0 Å². The van der Waals surface area contributed by atoms with Crippen molar-refractivity contribution in [1.29, 1.82) is 0 Å². The van der Waals surface area contributed by atoms with Gasteiger partial charge < -0.3 is 23.8 Å². The third-order valence-electron chi connectivity index (χ3n) is 7.82. The van der Waals surface area contributed by atoms with Crippen LogP contribution in [0.1, 0.15) is 55.2 Å². The molecule has 8 heteroatoms. The van der Waals surface area contributed by atoms with Crippen LogP contribution in [-0.4, -0.2) is 38.4 Å². The van der Waals surface area contributed by atoms with Crippen LogP contribution in [0.3, 0.4) is 0 Å². The molecule has 0 fully saturated rings. The number of carbonyl (C=O) groups is 1. The third kappa shape index (κ3) is 14.2. The van der Waals surface area contributed by atoms with Crippen LogP contribution in [0.15, 0.2) is 115 Å². The van der Waals surface area contributed by atoms with Crippen LogP contribution in [0, 0.1) is 0 Å². The Hall–Kier alpha value is -3.90. The maximum atomic E-state index is 13.4. The molecular formula is C39H48NO6P. The smallest absolute Gasteiger partial charge is 0.330 e. The minimum Gasteiger partial charge on any atom is -0.494 e. The van der Waals surface area contributed by atoms with E-state index in [0.717, 1.165) is 54.7 Å². The first-order valence-corrected chi connectivity index (χ1v) is 18.3. The Morgan fingerprint density at radius 2 is 1.30 bits per heavy atom. The molecule has 4 rings (SSSR count). The van der Waals surface area contributed by atoms with Gasteiger partial charge in [-0.05, 0) is 73.1 Å². The molecule has 0 aliphatic carbocycles. The number of amides is 1. The van der Waals surface area contributed by atoms with Crippen LogP contribution in [-0.2, 0) is 37.9 Å². The number of nitrogens with one attached hydrogen (secondary N) is 1. The highest BCUT2D eigenvalue weighted by molar-refractivity contribution is 7.53. The molecule has 0 radical (unpaired) electrons. The Bertz CT molecular complexity index is 1470. The van der Waals surface area contributed by atoms with Gasteiger partial charge in [0.15, 0.2) is 0 Å². The lowest BCUT2D eigenvalue weighted by atomic mass is 10.0. The largest absolute Gasteiger partial charge is 0.494 e. The highest BCUT2D eigenvalue weighted by atomic mass is 31.2. The summed E-state index contributed by atoms with van der Waals surface area (Å²) >= 11 is 0. The summed E-state index contributed by atoms with van der Waals surface area (Å²) in [6, 6.07) is 37.5. The molecule has 0 bridgehead atoms. The molecule has 0 aromatic heterocycles. The van der Waals surface area contributed by atoms with Crippen LogP contribution in [0.2, 0.25) is 0 Å². The number of unbranched alkanes of at least 4 members (excludes halogenated alkanes) is 3. The number of hydrogen-bond acceptors (Lipinski definition) is 6. The molecule has 1 amide bonds. The second-order valence-corrected chi connectivity index (χ2v) is 13.9. The number of carbonyl (C=O) groups excluding carboxylic acids is 1. The zero-order chi connectivity index (χ0) is 33.0. The maximum absolute atomic E-state index is 13.4. The fourth-order valence-corrected chi connectivity index (χ4v) is 6.53. The second kappa shape index (κ2) is 20.4. The predicted octanol–water partition coefficient (Wildman–Crippen LogP) is 8.81. The monoisotopic (exact) mass is 657 g/mol. The van der Waals surface area contributed by atoms with Crippen molar-refractivity contribution in [3.63, 3.8) is 0 Å². The first-order valence-electron chi connectivity index (χ1n) is 16.6. The van der Waals surface area contributed by atoms with Gasteiger partial charge in [-0.2, -0.15) is 0 Å². The molecule has 1 unspecified atom stereocenters. The van der Waals surface area contributed by atoms with E-state index in [2.05, 4.69) is 29.6 Å². The van der Waals surface area contributed by atoms with Crippen molar-refractivity contribution in [3.05, 3.63) is 132 Å². The summed E-state index contributed by atoms with van der Waals surface area (Å²) < 4.78 is 36.4. The molecule has 250 valence electrons. The SMILES string of the molecule is CO[P@](=O)(CCCOc1ccccc1)OCC(Cc1ccc(OCc2ccccc2)cc1)NC(=O)CCCCCCc1ccccc1. The summed E-state index contributed by atoms with van der Waals surface area (Å²) in [5.41, 5.74) is 3.46. The van der Waals surface area contributed by atoms with Crippen molar-refractivity contribution < 1.29 is 27.9 Å². The van der Waals surface area contributed by atoms with Crippen molar-refractivity contribution >= 4 is 13.5 Å². The quantitative estimate of drug-likeness (QED) is 0.0672. The minimum atomic E-state index is -3.38. The van der Waals surface area contributed by atoms with E-state index in [1.807, 2.05) is 91.0 Å². The van der Waals surface area contributed by atoms with E-state index in [1.165, 1.54) is 12.7 Å². The normalized spacial score (nSPS) is 13.0. The fourth-order valence-electron chi connectivity index (χ4n) is 5.19. The lowest BCUT2D eigenvalue weighted by Crippen LogP contribution is -2.39. The first-order chi connectivity index (χ1) is 23.0. The van der Waals surface area contributed by atoms with Gasteiger partial charge >= 0.3 is 7.60 Å². The van der Waals surface area contributed by atoms with E-state index in [4.69, 9.17) is 18.5 Å². The number of benzene rings is 4.